The van der Waals surface area contributed by atoms with Gasteiger partial charge in [0, 0.05) is 41.5 Å². The summed E-state index contributed by atoms with van der Waals surface area (Å²) in [6, 6.07) is 21.1. The van der Waals surface area contributed by atoms with E-state index in [1.807, 2.05) is 47.4 Å². The van der Waals surface area contributed by atoms with Gasteiger partial charge >= 0.3 is 0 Å². The molecule has 34 heavy (non-hydrogen) atoms. The third kappa shape index (κ3) is 3.37. The number of benzene rings is 3. The number of nitrogens with one attached hydrogen (secondary N) is 1. The minimum Gasteiger partial charge on any atom is -0.378 e. The van der Waals surface area contributed by atoms with E-state index in [0.717, 1.165) is 48.3 Å². The molecule has 0 bridgehead atoms. The Labute approximate surface area is 198 Å². The summed E-state index contributed by atoms with van der Waals surface area (Å²) in [6.07, 6.45) is 7.36. The molecule has 2 aliphatic heterocycles. The smallest absolute Gasteiger partial charge is 0.269 e. The van der Waals surface area contributed by atoms with E-state index in [1.54, 1.807) is 12.1 Å². The van der Waals surface area contributed by atoms with Crippen LogP contribution in [0, 0.1) is 16.0 Å². The fourth-order valence-corrected chi connectivity index (χ4v) is 5.76. The van der Waals surface area contributed by atoms with Gasteiger partial charge in [0.1, 0.15) is 0 Å². The average Bonchev–Trinajstić information content (AvgIpc) is 3.38. The molecule has 0 spiro atoms. The first-order chi connectivity index (χ1) is 16.6. The lowest BCUT2D eigenvalue weighted by Gasteiger charge is -2.38. The molecule has 6 heteroatoms. The quantitative estimate of drug-likeness (QED) is 0.300. The largest absolute Gasteiger partial charge is 0.378 e. The van der Waals surface area contributed by atoms with Gasteiger partial charge < -0.3 is 10.2 Å². The molecule has 1 aliphatic carbocycles. The maximum absolute atomic E-state index is 13.5. The van der Waals surface area contributed by atoms with Gasteiger partial charge in [-0.05, 0) is 66.1 Å². The number of nitro groups is 1. The Kier molecular flexibility index (Phi) is 4.94. The van der Waals surface area contributed by atoms with Gasteiger partial charge in [0.15, 0.2) is 0 Å². The zero-order valence-electron chi connectivity index (χ0n) is 18.7. The number of nitrogens with zero attached hydrogens (tertiary/aromatic N) is 2. The molecule has 3 aromatic rings. The summed E-state index contributed by atoms with van der Waals surface area (Å²) in [6.45, 7) is 0.735. The number of hydrogen-bond donors (Lipinski definition) is 1. The zero-order chi connectivity index (χ0) is 23.2. The van der Waals surface area contributed by atoms with Crippen molar-refractivity contribution < 1.29 is 9.72 Å². The van der Waals surface area contributed by atoms with Gasteiger partial charge in [0.25, 0.3) is 11.6 Å². The Morgan fingerprint density at radius 1 is 1.06 bits per heavy atom. The second kappa shape index (κ2) is 8.13. The molecule has 6 nitrogen and oxygen atoms in total. The highest BCUT2D eigenvalue weighted by Crippen LogP contribution is 2.50. The molecule has 170 valence electrons. The number of nitro benzene ring substituents is 1. The van der Waals surface area contributed by atoms with E-state index in [-0.39, 0.29) is 28.5 Å². The van der Waals surface area contributed by atoms with Crippen molar-refractivity contribution in [1.82, 2.24) is 0 Å². The molecule has 0 aromatic heterocycles. The Morgan fingerprint density at radius 3 is 2.71 bits per heavy atom. The molecule has 0 saturated carbocycles. The third-order valence-corrected chi connectivity index (χ3v) is 7.43. The minimum atomic E-state index is -0.368. The molecule has 3 aliphatic rings. The number of anilines is 2. The van der Waals surface area contributed by atoms with Crippen molar-refractivity contribution in [3.05, 3.63) is 111 Å². The number of amides is 1. The van der Waals surface area contributed by atoms with Crippen LogP contribution in [-0.2, 0) is 6.42 Å². The number of carbonyl (C=O) groups excluding carboxylic acids is 1. The lowest BCUT2D eigenvalue weighted by atomic mass is 9.76. The van der Waals surface area contributed by atoms with Crippen molar-refractivity contribution in [1.29, 1.82) is 0 Å². The molecule has 3 atom stereocenters. The first-order valence-electron chi connectivity index (χ1n) is 11.8. The highest BCUT2D eigenvalue weighted by molar-refractivity contribution is 6.07. The van der Waals surface area contributed by atoms with Crippen molar-refractivity contribution in [2.24, 2.45) is 5.92 Å². The fourth-order valence-electron chi connectivity index (χ4n) is 5.76. The van der Waals surface area contributed by atoms with Crippen molar-refractivity contribution in [2.45, 2.75) is 31.2 Å². The van der Waals surface area contributed by atoms with Gasteiger partial charge in [-0.3, -0.25) is 14.9 Å². The van der Waals surface area contributed by atoms with Crippen molar-refractivity contribution in [3.63, 3.8) is 0 Å². The monoisotopic (exact) mass is 451 g/mol. The molecule has 0 radical (unpaired) electrons. The van der Waals surface area contributed by atoms with Crippen LogP contribution in [0.2, 0.25) is 0 Å². The van der Waals surface area contributed by atoms with Gasteiger partial charge in [-0.25, -0.2) is 0 Å². The fraction of sp³-hybridized carbons (Fsp3) is 0.250. The summed E-state index contributed by atoms with van der Waals surface area (Å²) in [4.78, 5) is 26.1. The lowest BCUT2D eigenvalue weighted by molar-refractivity contribution is -0.384. The van der Waals surface area contributed by atoms with Crippen LogP contribution < -0.4 is 10.2 Å². The zero-order valence-corrected chi connectivity index (χ0v) is 18.7. The second-order valence-electron chi connectivity index (χ2n) is 9.32. The molecule has 6 rings (SSSR count). The Balaban J connectivity index is 1.32. The van der Waals surface area contributed by atoms with E-state index in [0.29, 0.717) is 11.5 Å². The lowest BCUT2D eigenvalue weighted by Crippen LogP contribution is -2.36. The Hall–Kier alpha value is -3.93. The summed E-state index contributed by atoms with van der Waals surface area (Å²) >= 11 is 0. The maximum Gasteiger partial charge on any atom is 0.269 e. The van der Waals surface area contributed by atoms with Gasteiger partial charge in [0.05, 0.1) is 11.0 Å². The summed E-state index contributed by atoms with van der Waals surface area (Å²) in [5.74, 6) is 0.554. The number of carbonyl (C=O) groups is 1. The molecule has 0 fully saturated rings. The number of fused-ring (bicyclic) bond motifs is 4. The molecule has 0 saturated heterocycles. The van der Waals surface area contributed by atoms with Crippen molar-refractivity contribution in [2.75, 3.05) is 16.8 Å². The van der Waals surface area contributed by atoms with Gasteiger partial charge in [-0.1, -0.05) is 42.5 Å². The number of non-ortho nitro benzene ring substituents is 1. The minimum absolute atomic E-state index is 0.0472. The van der Waals surface area contributed by atoms with Crippen LogP contribution in [0.3, 0.4) is 0 Å². The van der Waals surface area contributed by atoms with Gasteiger partial charge in [0.2, 0.25) is 0 Å². The predicted molar refractivity (Wildman–Crippen MR) is 132 cm³/mol. The average molecular weight is 452 g/mol. The normalized spacial score (nSPS) is 22.4. The Bertz CT molecular complexity index is 1310. The number of aryl methyl sites for hydroxylation is 1. The second-order valence-corrected chi connectivity index (χ2v) is 9.32. The first kappa shape index (κ1) is 20.7. The first-order valence-corrected chi connectivity index (χ1v) is 11.8. The molecule has 1 N–H and O–H groups in total. The van der Waals surface area contributed by atoms with Crippen molar-refractivity contribution in [3.8, 4) is 0 Å². The van der Waals surface area contributed by atoms with Crippen LogP contribution in [0.1, 0.15) is 51.8 Å². The van der Waals surface area contributed by atoms with E-state index >= 15 is 0 Å². The van der Waals surface area contributed by atoms with Crippen LogP contribution in [0.15, 0.2) is 78.9 Å². The highest BCUT2D eigenvalue weighted by atomic mass is 16.6. The Morgan fingerprint density at radius 2 is 1.88 bits per heavy atom. The number of rotatable bonds is 3. The summed E-state index contributed by atoms with van der Waals surface area (Å²) < 4.78 is 0. The van der Waals surface area contributed by atoms with E-state index < -0.39 is 0 Å². The van der Waals surface area contributed by atoms with Crippen LogP contribution in [0.5, 0.6) is 0 Å². The van der Waals surface area contributed by atoms with E-state index in [4.69, 9.17) is 0 Å². The predicted octanol–water partition coefficient (Wildman–Crippen LogP) is 6.01. The third-order valence-electron chi connectivity index (χ3n) is 7.43. The van der Waals surface area contributed by atoms with E-state index in [1.165, 1.54) is 5.56 Å². The van der Waals surface area contributed by atoms with Crippen LogP contribution in [-0.4, -0.2) is 17.4 Å². The topological polar surface area (TPSA) is 75.5 Å². The van der Waals surface area contributed by atoms with Gasteiger partial charge in [-0.15, -0.1) is 0 Å². The maximum atomic E-state index is 13.5. The SMILES string of the molecule is O=C(c1ccc2c(c1)[C@@H]1C=CC[C@@H]1[C@@H](c1ccc([N+](=O)[O-])cc1)N2)N1CCCc2ccccc21. The standard InChI is InChI=1S/C28H25N3O3/c32-28(30-16-4-6-18-5-1-2-9-26(18)30)20-12-15-25-24(17-20)22-7-3-8-23(22)27(29-25)19-10-13-21(14-11-19)31(33)34/h1-3,5,7,9-15,17,22-23,27,29H,4,6,8,16H2/t22-,23+,27-/m1/s1. The van der Waals surface area contributed by atoms with Crippen LogP contribution in [0.25, 0.3) is 0 Å². The molecule has 2 heterocycles. The van der Waals surface area contributed by atoms with Crippen LogP contribution >= 0.6 is 0 Å². The molecule has 1 amide bonds. The molecule has 0 unspecified atom stereocenters. The summed E-state index contributed by atoms with van der Waals surface area (Å²) in [7, 11) is 0. The van der Waals surface area contributed by atoms with Crippen LogP contribution in [0.4, 0.5) is 17.1 Å². The number of para-hydroxylation sites is 1. The summed E-state index contributed by atoms with van der Waals surface area (Å²) in [5, 5.41) is 14.7. The number of allylic oxidation sites excluding steroid dienone is 2. The van der Waals surface area contributed by atoms with E-state index in [9.17, 15) is 14.9 Å². The molecular formula is C28H25N3O3. The highest BCUT2D eigenvalue weighted by Gasteiger charge is 2.38. The van der Waals surface area contributed by atoms with E-state index in [2.05, 4.69) is 29.6 Å². The molecule has 3 aromatic carbocycles. The van der Waals surface area contributed by atoms with Crippen molar-refractivity contribution >= 4 is 23.0 Å². The number of hydrogen-bond acceptors (Lipinski definition) is 4. The summed E-state index contributed by atoms with van der Waals surface area (Å²) in [5.41, 5.74) is 6.27. The molecular weight excluding hydrogens is 426 g/mol. The van der Waals surface area contributed by atoms with Gasteiger partial charge in [-0.2, -0.15) is 0 Å².